The molecular formula is C12H16ClFN2. The smallest absolute Gasteiger partial charge is 0.124 e. The summed E-state index contributed by atoms with van der Waals surface area (Å²) in [5.41, 5.74) is 6.91. The monoisotopic (exact) mass is 242 g/mol. The van der Waals surface area contributed by atoms with Gasteiger partial charge in [0.05, 0.1) is 0 Å². The minimum atomic E-state index is -0.292. The lowest BCUT2D eigenvalue weighted by Gasteiger charge is -2.23. The molecule has 2 N–H and O–H groups in total. The van der Waals surface area contributed by atoms with Gasteiger partial charge in [0, 0.05) is 30.2 Å². The van der Waals surface area contributed by atoms with Gasteiger partial charge in [-0.2, -0.15) is 0 Å². The Morgan fingerprint density at radius 1 is 1.56 bits per heavy atom. The lowest BCUT2D eigenvalue weighted by molar-refractivity contribution is 0.251. The maximum absolute atomic E-state index is 12.9. The van der Waals surface area contributed by atoms with Gasteiger partial charge in [0.2, 0.25) is 0 Å². The Balaban J connectivity index is 2.09. The van der Waals surface area contributed by atoms with Gasteiger partial charge in [0.25, 0.3) is 0 Å². The normalized spacial score (nSPS) is 26.2. The van der Waals surface area contributed by atoms with Crippen molar-refractivity contribution in [2.75, 3.05) is 6.54 Å². The molecule has 0 amide bonds. The summed E-state index contributed by atoms with van der Waals surface area (Å²) >= 11 is 5.99. The van der Waals surface area contributed by atoms with E-state index < -0.39 is 0 Å². The highest BCUT2D eigenvalue weighted by Crippen LogP contribution is 2.23. The van der Waals surface area contributed by atoms with Crippen LogP contribution < -0.4 is 5.73 Å². The quantitative estimate of drug-likeness (QED) is 0.863. The summed E-state index contributed by atoms with van der Waals surface area (Å²) < 4.78 is 12.9. The molecule has 2 unspecified atom stereocenters. The Bertz CT molecular complexity index is 383. The fourth-order valence-electron chi connectivity index (χ4n) is 2.12. The second kappa shape index (κ2) is 4.70. The van der Waals surface area contributed by atoms with Crippen molar-refractivity contribution in [3.05, 3.63) is 34.6 Å². The van der Waals surface area contributed by atoms with Crippen LogP contribution in [0.4, 0.5) is 4.39 Å². The number of hydrogen-bond acceptors (Lipinski definition) is 2. The third-order valence-electron chi connectivity index (χ3n) is 3.33. The van der Waals surface area contributed by atoms with Crippen LogP contribution in [0.5, 0.6) is 0 Å². The summed E-state index contributed by atoms with van der Waals surface area (Å²) in [6.45, 7) is 3.85. The first kappa shape index (κ1) is 11.8. The molecule has 0 bridgehead atoms. The number of nitrogens with two attached hydrogens (primary N) is 1. The van der Waals surface area contributed by atoms with Crippen LogP contribution in [0, 0.1) is 5.82 Å². The Morgan fingerprint density at radius 2 is 2.31 bits per heavy atom. The van der Waals surface area contributed by atoms with Crippen molar-refractivity contribution >= 4 is 11.6 Å². The second-order valence-electron chi connectivity index (χ2n) is 4.40. The summed E-state index contributed by atoms with van der Waals surface area (Å²) in [4.78, 5) is 2.28. The maximum atomic E-state index is 12.9. The van der Waals surface area contributed by atoms with Gasteiger partial charge in [0.15, 0.2) is 0 Å². The van der Waals surface area contributed by atoms with Crippen LogP contribution in [0.1, 0.15) is 18.9 Å². The minimum Gasteiger partial charge on any atom is -0.326 e. The topological polar surface area (TPSA) is 29.3 Å². The SMILES string of the molecule is CC1C(N)CCN1Cc1ccc(F)cc1Cl. The molecule has 88 valence electrons. The fourth-order valence-corrected chi connectivity index (χ4v) is 2.35. The van der Waals surface area contributed by atoms with Gasteiger partial charge in [-0.3, -0.25) is 4.90 Å². The van der Waals surface area contributed by atoms with E-state index >= 15 is 0 Å². The summed E-state index contributed by atoms with van der Waals surface area (Å²) in [5.74, 6) is -0.292. The fraction of sp³-hybridized carbons (Fsp3) is 0.500. The lowest BCUT2D eigenvalue weighted by Crippen LogP contribution is -2.36. The molecule has 1 aromatic rings. The first-order chi connectivity index (χ1) is 7.58. The van der Waals surface area contributed by atoms with E-state index in [1.165, 1.54) is 12.1 Å². The molecule has 1 aromatic carbocycles. The average molecular weight is 243 g/mol. The molecule has 2 rings (SSSR count). The molecule has 2 atom stereocenters. The lowest BCUT2D eigenvalue weighted by atomic mass is 10.1. The standard InChI is InChI=1S/C12H16ClFN2/c1-8-12(15)4-5-16(8)7-9-2-3-10(14)6-11(9)13/h2-3,6,8,12H,4-5,7,15H2,1H3. The molecule has 4 heteroatoms. The maximum Gasteiger partial charge on any atom is 0.124 e. The van der Waals surface area contributed by atoms with E-state index in [0.29, 0.717) is 11.1 Å². The predicted molar refractivity (Wildman–Crippen MR) is 63.9 cm³/mol. The van der Waals surface area contributed by atoms with E-state index in [1.807, 2.05) is 0 Å². The van der Waals surface area contributed by atoms with Crippen molar-refractivity contribution in [3.63, 3.8) is 0 Å². The van der Waals surface area contributed by atoms with Gasteiger partial charge >= 0.3 is 0 Å². The summed E-state index contributed by atoms with van der Waals surface area (Å²) in [5, 5.41) is 0.493. The molecule has 1 heterocycles. The Labute approximate surface area is 100 Å². The number of benzene rings is 1. The Kier molecular flexibility index (Phi) is 3.47. The summed E-state index contributed by atoms with van der Waals surface area (Å²) in [7, 11) is 0. The van der Waals surface area contributed by atoms with Crippen LogP contribution in [0.2, 0.25) is 5.02 Å². The van der Waals surface area contributed by atoms with Gasteiger partial charge in [-0.15, -0.1) is 0 Å². The molecule has 0 radical (unpaired) electrons. The third-order valence-corrected chi connectivity index (χ3v) is 3.69. The molecule has 1 fully saturated rings. The predicted octanol–water partition coefficient (Wildman–Crippen LogP) is 2.40. The highest BCUT2D eigenvalue weighted by molar-refractivity contribution is 6.31. The minimum absolute atomic E-state index is 0.235. The molecule has 1 aliphatic heterocycles. The Morgan fingerprint density at radius 3 is 2.88 bits per heavy atom. The van der Waals surface area contributed by atoms with Gasteiger partial charge < -0.3 is 5.73 Å². The van der Waals surface area contributed by atoms with E-state index in [9.17, 15) is 4.39 Å². The number of likely N-dealkylation sites (tertiary alicyclic amines) is 1. The van der Waals surface area contributed by atoms with Crippen molar-refractivity contribution in [2.45, 2.75) is 32.0 Å². The molecule has 2 nitrogen and oxygen atoms in total. The molecule has 1 aliphatic rings. The molecule has 16 heavy (non-hydrogen) atoms. The highest BCUT2D eigenvalue weighted by Gasteiger charge is 2.27. The number of rotatable bonds is 2. The van der Waals surface area contributed by atoms with Crippen LogP contribution in [0.25, 0.3) is 0 Å². The van der Waals surface area contributed by atoms with E-state index in [1.54, 1.807) is 6.07 Å². The van der Waals surface area contributed by atoms with Gasteiger partial charge in [0.1, 0.15) is 5.82 Å². The van der Waals surface area contributed by atoms with E-state index in [0.717, 1.165) is 25.1 Å². The van der Waals surface area contributed by atoms with Crippen LogP contribution >= 0.6 is 11.6 Å². The number of nitrogens with zero attached hydrogens (tertiary/aromatic N) is 1. The van der Waals surface area contributed by atoms with Crippen LogP contribution in [0.15, 0.2) is 18.2 Å². The van der Waals surface area contributed by atoms with E-state index in [2.05, 4.69) is 11.8 Å². The average Bonchev–Trinajstić information content (AvgIpc) is 2.54. The largest absolute Gasteiger partial charge is 0.326 e. The first-order valence-corrected chi connectivity index (χ1v) is 5.89. The van der Waals surface area contributed by atoms with Crippen LogP contribution in [0.3, 0.4) is 0 Å². The molecule has 0 spiro atoms. The van der Waals surface area contributed by atoms with Crippen LogP contribution in [-0.2, 0) is 6.54 Å². The Hall–Kier alpha value is -0.640. The van der Waals surface area contributed by atoms with Crippen molar-refractivity contribution in [1.82, 2.24) is 4.90 Å². The first-order valence-electron chi connectivity index (χ1n) is 5.51. The zero-order valence-electron chi connectivity index (χ0n) is 9.29. The van der Waals surface area contributed by atoms with Gasteiger partial charge in [-0.05, 0) is 31.0 Å². The molecule has 0 aliphatic carbocycles. The van der Waals surface area contributed by atoms with E-state index in [-0.39, 0.29) is 11.9 Å². The molecule has 0 aromatic heterocycles. The zero-order valence-corrected chi connectivity index (χ0v) is 10.0. The third kappa shape index (κ3) is 2.37. The molecule has 0 saturated carbocycles. The highest BCUT2D eigenvalue weighted by atomic mass is 35.5. The van der Waals surface area contributed by atoms with Gasteiger partial charge in [-0.25, -0.2) is 4.39 Å². The van der Waals surface area contributed by atoms with Crippen molar-refractivity contribution < 1.29 is 4.39 Å². The number of halogens is 2. The summed E-state index contributed by atoms with van der Waals surface area (Å²) in [6, 6.07) is 5.15. The van der Waals surface area contributed by atoms with Crippen molar-refractivity contribution in [3.8, 4) is 0 Å². The van der Waals surface area contributed by atoms with Gasteiger partial charge in [-0.1, -0.05) is 17.7 Å². The van der Waals surface area contributed by atoms with Crippen molar-refractivity contribution in [2.24, 2.45) is 5.73 Å². The molecule has 1 saturated heterocycles. The van der Waals surface area contributed by atoms with Crippen molar-refractivity contribution in [1.29, 1.82) is 0 Å². The number of hydrogen-bond donors (Lipinski definition) is 1. The summed E-state index contributed by atoms with van der Waals surface area (Å²) in [6.07, 6.45) is 1.01. The molecular weight excluding hydrogens is 227 g/mol. The second-order valence-corrected chi connectivity index (χ2v) is 4.81. The van der Waals surface area contributed by atoms with Crippen LogP contribution in [-0.4, -0.2) is 23.5 Å². The zero-order chi connectivity index (χ0) is 11.7. The van der Waals surface area contributed by atoms with E-state index in [4.69, 9.17) is 17.3 Å².